The van der Waals surface area contributed by atoms with Gasteiger partial charge in [-0.2, -0.15) is 4.31 Å². The molecule has 0 bridgehead atoms. The number of rotatable bonds is 4. The molecule has 1 heterocycles. The summed E-state index contributed by atoms with van der Waals surface area (Å²) < 4.78 is 24.7. The van der Waals surface area contributed by atoms with Gasteiger partial charge >= 0.3 is 0 Å². The molecule has 0 spiro atoms. The molecule has 0 aliphatic carbocycles. The highest BCUT2D eigenvalue weighted by Crippen LogP contribution is 2.23. The highest BCUT2D eigenvalue weighted by Gasteiger charge is 2.34. The molecule has 1 aliphatic rings. The summed E-state index contributed by atoms with van der Waals surface area (Å²) in [6.45, 7) is 0.363. The number of piperidine rings is 1. The number of hydrogen-bond acceptors (Lipinski definition) is 5. The normalized spacial score (nSPS) is 19.8. The lowest BCUT2D eigenvalue weighted by molar-refractivity contribution is -0.125. The number of nitrogens with one attached hydrogen (secondary N) is 1. The van der Waals surface area contributed by atoms with Crippen molar-refractivity contribution in [3.63, 3.8) is 0 Å². The van der Waals surface area contributed by atoms with Crippen molar-refractivity contribution >= 4 is 15.9 Å². The Labute approximate surface area is 129 Å². The zero-order valence-electron chi connectivity index (χ0n) is 12.3. The Morgan fingerprint density at radius 3 is 2.77 bits per heavy atom. The van der Waals surface area contributed by atoms with Crippen LogP contribution in [-0.4, -0.2) is 47.7 Å². The number of phenols is 2. The quantitative estimate of drug-likeness (QED) is 0.699. The van der Waals surface area contributed by atoms with Crippen LogP contribution in [0.15, 0.2) is 18.2 Å². The van der Waals surface area contributed by atoms with Crippen LogP contribution in [0.1, 0.15) is 24.8 Å². The summed E-state index contributed by atoms with van der Waals surface area (Å²) in [7, 11) is -3.43. The van der Waals surface area contributed by atoms with E-state index in [1.54, 1.807) is 0 Å². The van der Waals surface area contributed by atoms with Gasteiger partial charge in [0.25, 0.3) is 0 Å². The van der Waals surface area contributed by atoms with Gasteiger partial charge in [0.1, 0.15) is 17.5 Å². The maximum atomic E-state index is 12.3. The summed E-state index contributed by atoms with van der Waals surface area (Å²) in [5.41, 5.74) is 0.370. The first kappa shape index (κ1) is 16.6. The van der Waals surface area contributed by atoms with Gasteiger partial charge in [-0.1, -0.05) is 6.42 Å². The van der Waals surface area contributed by atoms with Crippen LogP contribution in [0, 0.1) is 0 Å². The number of phenolic OH excluding ortho intramolecular Hbond substituents is 2. The molecule has 7 nitrogen and oxygen atoms in total. The van der Waals surface area contributed by atoms with Crippen LogP contribution < -0.4 is 5.32 Å². The van der Waals surface area contributed by atoms with Crippen molar-refractivity contribution in [2.24, 2.45) is 0 Å². The number of carbonyl (C=O) groups excluding carboxylic acids is 1. The second kappa shape index (κ2) is 6.53. The standard InChI is InChI=1S/C14H20N2O5S/c1-22(20,21)16-7-3-2-4-12(16)14(19)15-9-10-8-11(17)5-6-13(10)18/h5-6,8,12,17-18H,2-4,7,9H2,1H3,(H,15,19). The SMILES string of the molecule is CS(=O)(=O)N1CCCCC1C(=O)NCc1cc(O)ccc1O. The molecule has 1 fully saturated rings. The van der Waals surface area contributed by atoms with Crippen LogP contribution in [-0.2, 0) is 21.4 Å². The largest absolute Gasteiger partial charge is 0.508 e. The fourth-order valence-corrected chi connectivity index (χ4v) is 3.70. The number of amides is 1. The van der Waals surface area contributed by atoms with E-state index in [9.17, 15) is 23.4 Å². The van der Waals surface area contributed by atoms with E-state index in [2.05, 4.69) is 5.32 Å². The maximum Gasteiger partial charge on any atom is 0.238 e. The average Bonchev–Trinajstić information content (AvgIpc) is 2.47. The molecule has 1 aromatic rings. The van der Waals surface area contributed by atoms with Gasteiger partial charge in [-0.15, -0.1) is 0 Å². The zero-order valence-corrected chi connectivity index (χ0v) is 13.1. The lowest BCUT2D eigenvalue weighted by atomic mass is 10.0. The monoisotopic (exact) mass is 328 g/mol. The third-order valence-electron chi connectivity index (χ3n) is 3.70. The van der Waals surface area contributed by atoms with Crippen LogP contribution in [0.25, 0.3) is 0 Å². The van der Waals surface area contributed by atoms with Gasteiger partial charge in [0.05, 0.1) is 6.26 Å². The van der Waals surface area contributed by atoms with Crippen LogP contribution >= 0.6 is 0 Å². The smallest absolute Gasteiger partial charge is 0.238 e. The van der Waals surface area contributed by atoms with E-state index in [-0.39, 0.29) is 18.0 Å². The molecule has 2 rings (SSSR count). The Balaban J connectivity index is 2.06. The van der Waals surface area contributed by atoms with Gasteiger partial charge in [0.2, 0.25) is 15.9 Å². The van der Waals surface area contributed by atoms with Gasteiger partial charge in [0.15, 0.2) is 0 Å². The van der Waals surface area contributed by atoms with Crippen molar-refractivity contribution in [2.75, 3.05) is 12.8 Å². The first-order valence-corrected chi connectivity index (χ1v) is 8.89. The predicted octanol–water partition coefficient (Wildman–Crippen LogP) is 0.528. The summed E-state index contributed by atoms with van der Waals surface area (Å²) in [5, 5.41) is 21.7. The third-order valence-corrected chi connectivity index (χ3v) is 4.99. The molecule has 0 aromatic heterocycles. The highest BCUT2D eigenvalue weighted by molar-refractivity contribution is 7.88. The van der Waals surface area contributed by atoms with E-state index in [0.29, 0.717) is 18.5 Å². The second-order valence-corrected chi connectivity index (χ2v) is 7.35. The summed E-state index contributed by atoms with van der Waals surface area (Å²) in [5.74, 6) is -0.452. The minimum atomic E-state index is -3.43. The molecule has 1 unspecified atom stereocenters. The number of aromatic hydroxyl groups is 2. The minimum Gasteiger partial charge on any atom is -0.508 e. The summed E-state index contributed by atoms with van der Waals surface area (Å²) >= 11 is 0. The molecule has 1 aromatic carbocycles. The van der Waals surface area contributed by atoms with Crippen molar-refractivity contribution in [3.8, 4) is 11.5 Å². The first-order chi connectivity index (χ1) is 10.3. The van der Waals surface area contributed by atoms with E-state index in [1.165, 1.54) is 22.5 Å². The fraction of sp³-hybridized carbons (Fsp3) is 0.500. The summed E-state index contributed by atoms with van der Waals surface area (Å²) in [4.78, 5) is 12.3. The summed E-state index contributed by atoms with van der Waals surface area (Å²) in [6, 6.07) is 3.31. The molecule has 3 N–H and O–H groups in total. The van der Waals surface area contributed by atoms with E-state index in [0.717, 1.165) is 19.1 Å². The average molecular weight is 328 g/mol. The van der Waals surface area contributed by atoms with Gasteiger partial charge in [-0.05, 0) is 31.0 Å². The molecule has 0 radical (unpaired) electrons. The lowest BCUT2D eigenvalue weighted by Crippen LogP contribution is -2.51. The second-order valence-electron chi connectivity index (χ2n) is 5.42. The molecular weight excluding hydrogens is 308 g/mol. The fourth-order valence-electron chi connectivity index (χ4n) is 2.58. The van der Waals surface area contributed by atoms with Crippen molar-refractivity contribution in [1.82, 2.24) is 9.62 Å². The highest BCUT2D eigenvalue weighted by atomic mass is 32.2. The molecule has 0 saturated carbocycles. The molecule has 1 aliphatic heterocycles. The molecule has 22 heavy (non-hydrogen) atoms. The minimum absolute atomic E-state index is 0.0162. The van der Waals surface area contributed by atoms with Crippen LogP contribution in [0.3, 0.4) is 0 Å². The molecule has 1 saturated heterocycles. The Kier molecular flexibility index (Phi) is 4.92. The summed E-state index contributed by atoms with van der Waals surface area (Å²) in [6.07, 6.45) is 3.11. The van der Waals surface area contributed by atoms with Crippen LogP contribution in [0.5, 0.6) is 11.5 Å². The zero-order chi connectivity index (χ0) is 16.3. The van der Waals surface area contributed by atoms with E-state index in [1.807, 2.05) is 0 Å². The van der Waals surface area contributed by atoms with Crippen molar-refractivity contribution in [2.45, 2.75) is 31.8 Å². The number of sulfonamides is 1. The molecule has 122 valence electrons. The van der Waals surface area contributed by atoms with Gasteiger partial charge in [-0.3, -0.25) is 4.79 Å². The van der Waals surface area contributed by atoms with Crippen molar-refractivity contribution < 1.29 is 23.4 Å². The van der Waals surface area contributed by atoms with Crippen LogP contribution in [0.2, 0.25) is 0 Å². The molecule has 1 amide bonds. The van der Waals surface area contributed by atoms with E-state index >= 15 is 0 Å². The van der Waals surface area contributed by atoms with E-state index < -0.39 is 22.0 Å². The molecule has 8 heteroatoms. The third kappa shape index (κ3) is 3.89. The molecular formula is C14H20N2O5S. The van der Waals surface area contributed by atoms with Crippen molar-refractivity contribution in [3.05, 3.63) is 23.8 Å². The topological polar surface area (TPSA) is 107 Å². The van der Waals surface area contributed by atoms with Crippen molar-refractivity contribution in [1.29, 1.82) is 0 Å². The first-order valence-electron chi connectivity index (χ1n) is 7.04. The van der Waals surface area contributed by atoms with Gasteiger partial charge in [0, 0.05) is 18.7 Å². The number of hydrogen-bond donors (Lipinski definition) is 3. The Morgan fingerprint density at radius 1 is 1.36 bits per heavy atom. The Bertz CT molecular complexity index is 659. The molecule has 1 atom stereocenters. The van der Waals surface area contributed by atoms with Gasteiger partial charge < -0.3 is 15.5 Å². The van der Waals surface area contributed by atoms with E-state index in [4.69, 9.17) is 0 Å². The van der Waals surface area contributed by atoms with Crippen LogP contribution in [0.4, 0.5) is 0 Å². The number of benzene rings is 1. The van der Waals surface area contributed by atoms with Gasteiger partial charge in [-0.25, -0.2) is 8.42 Å². The number of nitrogens with zero attached hydrogens (tertiary/aromatic N) is 1. The predicted molar refractivity (Wildman–Crippen MR) is 80.8 cm³/mol. The number of carbonyl (C=O) groups is 1. The Hall–Kier alpha value is -1.80. The Morgan fingerprint density at radius 2 is 2.09 bits per heavy atom. The maximum absolute atomic E-state index is 12.3. The lowest BCUT2D eigenvalue weighted by Gasteiger charge is -2.32.